The number of H-pyrrole nitrogens is 1. The Morgan fingerprint density at radius 1 is 1.17 bits per heavy atom. The zero-order valence-electron chi connectivity index (χ0n) is 16.1. The number of benzene rings is 1. The molecule has 6 nitrogen and oxygen atoms in total. The van der Waals surface area contributed by atoms with Crippen LogP contribution < -0.4 is 5.56 Å². The van der Waals surface area contributed by atoms with Crippen LogP contribution in [0.3, 0.4) is 0 Å². The Bertz CT molecular complexity index is 1170. The summed E-state index contributed by atoms with van der Waals surface area (Å²) in [5.41, 5.74) is 1.56. The first-order valence-corrected chi connectivity index (χ1v) is 9.95. The number of pyridine rings is 1. The van der Waals surface area contributed by atoms with Crippen LogP contribution in [0.2, 0.25) is 0 Å². The number of hydrogen-bond donors (Lipinski definition) is 1. The van der Waals surface area contributed by atoms with Gasteiger partial charge in [0.2, 0.25) is 5.91 Å². The van der Waals surface area contributed by atoms with E-state index in [4.69, 9.17) is 0 Å². The van der Waals surface area contributed by atoms with E-state index in [1.807, 2.05) is 6.07 Å². The van der Waals surface area contributed by atoms with E-state index < -0.39 is 11.6 Å². The molecule has 2 aromatic heterocycles. The predicted molar refractivity (Wildman–Crippen MR) is 106 cm³/mol. The Morgan fingerprint density at radius 3 is 2.80 bits per heavy atom. The number of carbonyl (C=O) groups excluding carboxylic acids is 1. The van der Waals surface area contributed by atoms with Gasteiger partial charge in [0.05, 0.1) is 12.0 Å². The van der Waals surface area contributed by atoms with Crippen molar-refractivity contribution in [2.45, 2.75) is 25.3 Å². The largest absolute Gasteiger partial charge is 0.344 e. The van der Waals surface area contributed by atoms with Gasteiger partial charge in [0, 0.05) is 49.7 Å². The number of likely N-dealkylation sites (tertiary alicyclic amines) is 1. The number of rotatable bonds is 3. The minimum atomic E-state index is -0.706. The summed E-state index contributed by atoms with van der Waals surface area (Å²) in [7, 11) is 0. The van der Waals surface area contributed by atoms with Crippen molar-refractivity contribution in [3.8, 4) is 11.4 Å². The lowest BCUT2D eigenvalue weighted by molar-refractivity contribution is -0.133. The first-order chi connectivity index (χ1) is 14.5. The summed E-state index contributed by atoms with van der Waals surface area (Å²) in [5, 5.41) is 0. The highest BCUT2D eigenvalue weighted by Crippen LogP contribution is 2.35. The Hall–Kier alpha value is -3.29. The summed E-state index contributed by atoms with van der Waals surface area (Å²) in [4.78, 5) is 34.7. The lowest BCUT2D eigenvalue weighted by Gasteiger charge is -2.43. The van der Waals surface area contributed by atoms with Crippen LogP contribution in [0.1, 0.15) is 23.6 Å². The molecule has 1 saturated heterocycles. The van der Waals surface area contributed by atoms with Crippen molar-refractivity contribution in [2.24, 2.45) is 5.92 Å². The zero-order chi connectivity index (χ0) is 20.8. The molecule has 3 aromatic rings. The molecular formula is C22H20F2N4O2. The molecule has 8 heteroatoms. The monoisotopic (exact) mass is 410 g/mol. The van der Waals surface area contributed by atoms with Gasteiger partial charge in [0.25, 0.3) is 5.56 Å². The molecule has 1 fully saturated rings. The maximum absolute atomic E-state index is 13.9. The number of halogens is 2. The van der Waals surface area contributed by atoms with E-state index >= 15 is 0 Å². The molecule has 0 unspecified atom stereocenters. The Balaban J connectivity index is 1.38. The van der Waals surface area contributed by atoms with Gasteiger partial charge < -0.3 is 14.5 Å². The average molecular weight is 410 g/mol. The number of amides is 1. The summed E-state index contributed by atoms with van der Waals surface area (Å²) in [5.74, 6) is -0.793. The third-order valence-corrected chi connectivity index (χ3v) is 6.07. The van der Waals surface area contributed by atoms with Crippen molar-refractivity contribution in [3.05, 3.63) is 76.0 Å². The molecule has 2 bridgehead atoms. The van der Waals surface area contributed by atoms with Gasteiger partial charge in [-0.05, 0) is 36.1 Å². The third kappa shape index (κ3) is 3.22. The highest BCUT2D eigenvalue weighted by molar-refractivity contribution is 5.79. The highest BCUT2D eigenvalue weighted by Gasteiger charge is 2.36. The molecule has 2 aliphatic rings. The second-order valence-corrected chi connectivity index (χ2v) is 8.04. The van der Waals surface area contributed by atoms with Gasteiger partial charge in [-0.15, -0.1) is 0 Å². The van der Waals surface area contributed by atoms with Gasteiger partial charge >= 0.3 is 0 Å². The van der Waals surface area contributed by atoms with Crippen LogP contribution >= 0.6 is 0 Å². The van der Waals surface area contributed by atoms with Crippen LogP contribution in [0.4, 0.5) is 8.78 Å². The number of imidazole rings is 1. The number of hydrogen-bond acceptors (Lipinski definition) is 3. The lowest BCUT2D eigenvalue weighted by Crippen LogP contribution is -2.49. The normalized spacial score (nSPS) is 20.1. The van der Waals surface area contributed by atoms with E-state index in [0.29, 0.717) is 31.0 Å². The number of piperidine rings is 1. The van der Waals surface area contributed by atoms with Crippen molar-refractivity contribution >= 4 is 5.91 Å². The fourth-order valence-electron chi connectivity index (χ4n) is 4.68. The van der Waals surface area contributed by atoms with Crippen LogP contribution in [0.5, 0.6) is 0 Å². The molecule has 0 aliphatic carbocycles. The maximum atomic E-state index is 13.9. The molecule has 0 saturated carbocycles. The Morgan fingerprint density at radius 2 is 2.03 bits per heavy atom. The lowest BCUT2D eigenvalue weighted by atomic mass is 9.82. The van der Waals surface area contributed by atoms with E-state index in [0.717, 1.165) is 24.2 Å². The number of nitrogens with one attached hydrogen (secondary N) is 1. The fraction of sp³-hybridized carbons (Fsp3) is 0.318. The van der Waals surface area contributed by atoms with Gasteiger partial charge in [-0.2, -0.15) is 0 Å². The molecule has 2 atom stereocenters. The maximum Gasteiger partial charge on any atom is 0.261 e. The van der Waals surface area contributed by atoms with Crippen LogP contribution in [0.15, 0.2) is 47.5 Å². The van der Waals surface area contributed by atoms with Crippen LogP contribution in [-0.4, -0.2) is 38.4 Å². The van der Waals surface area contributed by atoms with E-state index in [1.165, 1.54) is 6.07 Å². The van der Waals surface area contributed by atoms with Crippen molar-refractivity contribution < 1.29 is 13.6 Å². The molecule has 2 aliphatic heterocycles. The number of carbonyl (C=O) groups is 1. The third-order valence-electron chi connectivity index (χ3n) is 6.07. The predicted octanol–water partition coefficient (Wildman–Crippen LogP) is 2.71. The van der Waals surface area contributed by atoms with E-state index in [9.17, 15) is 18.4 Å². The van der Waals surface area contributed by atoms with Gasteiger partial charge in [0.15, 0.2) is 0 Å². The molecular weight excluding hydrogens is 390 g/mol. The second-order valence-electron chi connectivity index (χ2n) is 8.04. The van der Waals surface area contributed by atoms with Crippen LogP contribution in [0.25, 0.3) is 11.4 Å². The summed E-state index contributed by atoms with van der Waals surface area (Å²) < 4.78 is 28.9. The van der Waals surface area contributed by atoms with Crippen LogP contribution in [-0.2, 0) is 17.8 Å². The van der Waals surface area contributed by atoms with Crippen molar-refractivity contribution in [3.63, 3.8) is 0 Å². The smallest absolute Gasteiger partial charge is 0.261 e. The molecule has 0 spiro atoms. The number of aromatic nitrogens is 3. The van der Waals surface area contributed by atoms with Crippen molar-refractivity contribution in [2.75, 3.05) is 13.1 Å². The molecule has 30 heavy (non-hydrogen) atoms. The molecule has 0 radical (unpaired) electrons. The molecule has 1 N–H and O–H groups in total. The second kappa shape index (κ2) is 7.19. The van der Waals surface area contributed by atoms with E-state index in [1.54, 1.807) is 27.9 Å². The van der Waals surface area contributed by atoms with Gasteiger partial charge in [-0.3, -0.25) is 9.59 Å². The van der Waals surface area contributed by atoms with Crippen molar-refractivity contribution in [1.29, 1.82) is 0 Å². The van der Waals surface area contributed by atoms with E-state index in [2.05, 4.69) is 9.97 Å². The Kier molecular flexibility index (Phi) is 4.49. The van der Waals surface area contributed by atoms with Crippen molar-refractivity contribution in [1.82, 2.24) is 19.4 Å². The number of nitrogens with zero attached hydrogens (tertiary/aromatic N) is 3. The fourth-order valence-corrected chi connectivity index (χ4v) is 4.68. The first kappa shape index (κ1) is 18.7. The minimum absolute atomic E-state index is 0.0536. The zero-order valence-corrected chi connectivity index (χ0v) is 16.1. The topological polar surface area (TPSA) is 71.0 Å². The Labute approximate surface area is 171 Å². The number of aromatic amines is 1. The SMILES string of the molecule is O=C(Cc1ccc(F)cc1F)N1C[C@@H]2C[C@H](C1)c1ccc(-c3ncc[nH]3)c(=O)n1C2. The molecule has 1 aromatic carbocycles. The van der Waals surface area contributed by atoms with E-state index in [-0.39, 0.29) is 35.3 Å². The van der Waals surface area contributed by atoms with Gasteiger partial charge in [0.1, 0.15) is 17.5 Å². The summed E-state index contributed by atoms with van der Waals surface area (Å²) >= 11 is 0. The minimum Gasteiger partial charge on any atom is -0.344 e. The molecule has 1 amide bonds. The molecule has 154 valence electrons. The van der Waals surface area contributed by atoms with Gasteiger partial charge in [-0.25, -0.2) is 13.8 Å². The highest BCUT2D eigenvalue weighted by atomic mass is 19.1. The van der Waals surface area contributed by atoms with Crippen LogP contribution in [0, 0.1) is 17.6 Å². The van der Waals surface area contributed by atoms with Gasteiger partial charge in [-0.1, -0.05) is 6.07 Å². The number of fused-ring (bicyclic) bond motifs is 4. The summed E-state index contributed by atoms with van der Waals surface area (Å²) in [6.45, 7) is 1.54. The molecule has 5 rings (SSSR count). The molecule has 4 heterocycles. The average Bonchev–Trinajstić information content (AvgIpc) is 3.25. The first-order valence-electron chi connectivity index (χ1n) is 9.95. The summed E-state index contributed by atoms with van der Waals surface area (Å²) in [6.07, 6.45) is 4.10. The standard InChI is InChI=1S/C22H20F2N4O2/c23-16-2-1-14(18(24)9-16)8-20(29)27-10-13-7-15(12-27)19-4-3-17(21-25-5-6-26-21)22(30)28(19)11-13/h1-6,9,13,15H,7-8,10-12H2,(H,25,26)/t13-,15+/m0/s1. The summed E-state index contributed by atoms with van der Waals surface area (Å²) in [6, 6.07) is 7.00. The quantitative estimate of drug-likeness (QED) is 0.722.